The fourth-order valence-corrected chi connectivity index (χ4v) is 1.76. The summed E-state index contributed by atoms with van der Waals surface area (Å²) in [5, 5.41) is 8.49. The van der Waals surface area contributed by atoms with Crippen LogP contribution in [0.4, 0.5) is 27.6 Å². The highest BCUT2D eigenvalue weighted by molar-refractivity contribution is 5.97. The van der Waals surface area contributed by atoms with Crippen LogP contribution in [0.15, 0.2) is 12.1 Å². The Morgan fingerprint density at radius 3 is 2.30 bits per heavy atom. The minimum Gasteiger partial charge on any atom is -0.494 e. The molecule has 0 saturated carbocycles. The molecular formula is C13H12F5NO4. The molecule has 1 rings (SSSR count). The SMILES string of the molecule is COc1ccc(N(CCCC(=O)O)C(=O)C(F)(F)F)c(F)c1F. The molecule has 10 heteroatoms. The summed E-state index contributed by atoms with van der Waals surface area (Å²) in [4.78, 5) is 21.8. The van der Waals surface area contributed by atoms with Crippen molar-refractivity contribution in [3.63, 3.8) is 0 Å². The van der Waals surface area contributed by atoms with Gasteiger partial charge in [0.15, 0.2) is 11.6 Å². The third kappa shape index (κ3) is 4.54. The van der Waals surface area contributed by atoms with E-state index in [0.717, 1.165) is 19.2 Å². The quantitative estimate of drug-likeness (QED) is 0.808. The number of hydrogen-bond donors (Lipinski definition) is 1. The van der Waals surface area contributed by atoms with Crippen LogP contribution in [0, 0.1) is 11.6 Å². The van der Waals surface area contributed by atoms with Crippen LogP contribution in [-0.2, 0) is 9.59 Å². The lowest BCUT2D eigenvalue weighted by atomic mass is 10.2. The van der Waals surface area contributed by atoms with E-state index in [-0.39, 0.29) is 11.3 Å². The number of carboxylic acids is 1. The maximum absolute atomic E-state index is 13.9. The Morgan fingerprint density at radius 2 is 1.83 bits per heavy atom. The smallest absolute Gasteiger partial charge is 0.471 e. The van der Waals surface area contributed by atoms with Crippen molar-refractivity contribution in [3.8, 4) is 5.75 Å². The highest BCUT2D eigenvalue weighted by atomic mass is 19.4. The van der Waals surface area contributed by atoms with E-state index in [1.165, 1.54) is 0 Å². The summed E-state index contributed by atoms with van der Waals surface area (Å²) < 4.78 is 69.8. The molecule has 0 heterocycles. The van der Waals surface area contributed by atoms with Crippen molar-refractivity contribution in [2.45, 2.75) is 19.0 Å². The number of carbonyl (C=O) groups is 2. The predicted molar refractivity (Wildman–Crippen MR) is 68.2 cm³/mol. The first-order chi connectivity index (χ1) is 10.6. The van der Waals surface area contributed by atoms with E-state index in [4.69, 9.17) is 5.11 Å². The molecule has 5 nitrogen and oxygen atoms in total. The predicted octanol–water partition coefficient (Wildman–Crippen LogP) is 2.73. The van der Waals surface area contributed by atoms with Crippen LogP contribution < -0.4 is 9.64 Å². The molecule has 0 aliphatic carbocycles. The van der Waals surface area contributed by atoms with E-state index >= 15 is 0 Å². The number of rotatable bonds is 6. The van der Waals surface area contributed by atoms with Crippen LogP contribution in [0.2, 0.25) is 0 Å². The zero-order valence-electron chi connectivity index (χ0n) is 11.8. The maximum atomic E-state index is 13.9. The van der Waals surface area contributed by atoms with Crippen molar-refractivity contribution >= 4 is 17.6 Å². The molecule has 0 atom stereocenters. The van der Waals surface area contributed by atoms with Gasteiger partial charge >= 0.3 is 18.1 Å². The highest BCUT2D eigenvalue weighted by Gasteiger charge is 2.43. The van der Waals surface area contributed by atoms with Gasteiger partial charge in [0.1, 0.15) is 0 Å². The Balaban J connectivity index is 3.21. The van der Waals surface area contributed by atoms with Crippen molar-refractivity contribution in [3.05, 3.63) is 23.8 Å². The summed E-state index contributed by atoms with van der Waals surface area (Å²) in [7, 11) is 1.03. The van der Waals surface area contributed by atoms with Gasteiger partial charge in [0, 0.05) is 13.0 Å². The van der Waals surface area contributed by atoms with Crippen LogP contribution in [0.5, 0.6) is 5.75 Å². The number of benzene rings is 1. The van der Waals surface area contributed by atoms with E-state index in [1.54, 1.807) is 0 Å². The summed E-state index contributed by atoms with van der Waals surface area (Å²) in [6.45, 7) is -0.743. The fourth-order valence-electron chi connectivity index (χ4n) is 1.76. The highest BCUT2D eigenvalue weighted by Crippen LogP contribution is 2.31. The lowest BCUT2D eigenvalue weighted by Gasteiger charge is -2.24. The molecule has 0 saturated heterocycles. The third-order valence-corrected chi connectivity index (χ3v) is 2.80. The third-order valence-electron chi connectivity index (χ3n) is 2.80. The molecule has 1 amide bonds. The Hall–Kier alpha value is -2.39. The lowest BCUT2D eigenvalue weighted by molar-refractivity contribution is -0.170. The molecule has 0 spiro atoms. The number of carboxylic acid groups (broad SMARTS) is 1. The van der Waals surface area contributed by atoms with Gasteiger partial charge in [-0.3, -0.25) is 9.59 Å². The number of alkyl halides is 3. The molecule has 0 radical (unpaired) electrons. The second kappa shape index (κ2) is 7.25. The molecule has 1 aromatic carbocycles. The molecule has 1 aromatic rings. The van der Waals surface area contributed by atoms with Gasteiger partial charge < -0.3 is 14.7 Å². The first-order valence-electron chi connectivity index (χ1n) is 6.22. The minimum absolute atomic E-state index is 0.0409. The number of halogens is 5. The standard InChI is InChI=1S/C13H12F5NO4/c1-23-8-5-4-7(10(14)11(8)15)19(6-2-3-9(20)21)12(22)13(16,17)18/h4-5H,2-3,6H2,1H3,(H,20,21). The van der Waals surface area contributed by atoms with Gasteiger partial charge in [-0.25, -0.2) is 4.39 Å². The molecule has 1 N–H and O–H groups in total. The summed E-state index contributed by atoms with van der Waals surface area (Å²) in [5.74, 6) is -7.52. The van der Waals surface area contributed by atoms with E-state index in [2.05, 4.69) is 4.74 Å². The van der Waals surface area contributed by atoms with Crippen LogP contribution >= 0.6 is 0 Å². The zero-order valence-corrected chi connectivity index (χ0v) is 11.8. The summed E-state index contributed by atoms with van der Waals surface area (Å²) in [6, 6.07) is 1.61. The Kier molecular flexibility index (Phi) is 5.88. The summed E-state index contributed by atoms with van der Waals surface area (Å²) in [5.41, 5.74) is -0.948. The van der Waals surface area contributed by atoms with E-state index in [0.29, 0.717) is 0 Å². The number of amides is 1. The van der Waals surface area contributed by atoms with E-state index in [1.807, 2.05) is 0 Å². The van der Waals surface area contributed by atoms with Crippen molar-refractivity contribution < 1.29 is 41.4 Å². The number of methoxy groups -OCH3 is 1. The molecule has 23 heavy (non-hydrogen) atoms. The number of anilines is 1. The number of carbonyl (C=O) groups excluding carboxylic acids is 1. The van der Waals surface area contributed by atoms with Gasteiger partial charge in [0.25, 0.3) is 0 Å². The Labute approximate surface area is 127 Å². The van der Waals surface area contributed by atoms with Crippen LogP contribution in [0.1, 0.15) is 12.8 Å². The van der Waals surface area contributed by atoms with Crippen LogP contribution in [-0.4, -0.2) is 36.8 Å². The Bertz CT molecular complexity index is 603. The second-order valence-corrected chi connectivity index (χ2v) is 4.37. The molecule has 0 fully saturated rings. The molecule has 0 bridgehead atoms. The second-order valence-electron chi connectivity index (χ2n) is 4.37. The molecule has 0 aromatic heterocycles. The zero-order chi connectivity index (χ0) is 17.8. The number of aliphatic carboxylic acids is 1. The van der Waals surface area contributed by atoms with Gasteiger partial charge in [-0.15, -0.1) is 0 Å². The van der Waals surface area contributed by atoms with Crippen molar-refractivity contribution in [2.75, 3.05) is 18.6 Å². The fraction of sp³-hybridized carbons (Fsp3) is 0.385. The van der Waals surface area contributed by atoms with Gasteiger partial charge in [-0.2, -0.15) is 17.6 Å². The summed E-state index contributed by atoms with van der Waals surface area (Å²) >= 11 is 0. The van der Waals surface area contributed by atoms with Crippen molar-refractivity contribution in [1.82, 2.24) is 0 Å². The normalized spacial score (nSPS) is 11.2. The minimum atomic E-state index is -5.33. The molecule has 0 aliphatic heterocycles. The van der Waals surface area contributed by atoms with Crippen LogP contribution in [0.3, 0.4) is 0 Å². The number of nitrogens with zero attached hydrogens (tertiary/aromatic N) is 1. The number of hydrogen-bond acceptors (Lipinski definition) is 3. The lowest BCUT2D eigenvalue weighted by Crippen LogP contribution is -2.42. The monoisotopic (exact) mass is 341 g/mol. The topological polar surface area (TPSA) is 66.8 Å². The Morgan fingerprint density at radius 1 is 1.22 bits per heavy atom. The molecule has 0 aliphatic rings. The van der Waals surface area contributed by atoms with Crippen molar-refractivity contribution in [2.24, 2.45) is 0 Å². The molecule has 128 valence electrons. The largest absolute Gasteiger partial charge is 0.494 e. The van der Waals surface area contributed by atoms with E-state index in [9.17, 15) is 31.5 Å². The van der Waals surface area contributed by atoms with E-state index < -0.39 is 54.1 Å². The number of ether oxygens (including phenoxy) is 1. The average molecular weight is 341 g/mol. The van der Waals surface area contributed by atoms with Crippen molar-refractivity contribution in [1.29, 1.82) is 0 Å². The van der Waals surface area contributed by atoms with Gasteiger partial charge in [-0.05, 0) is 18.6 Å². The van der Waals surface area contributed by atoms with Crippen LogP contribution in [0.25, 0.3) is 0 Å². The van der Waals surface area contributed by atoms with Gasteiger partial charge in [-0.1, -0.05) is 0 Å². The maximum Gasteiger partial charge on any atom is 0.471 e. The van der Waals surface area contributed by atoms with Gasteiger partial charge in [0.05, 0.1) is 12.8 Å². The van der Waals surface area contributed by atoms with Gasteiger partial charge in [0.2, 0.25) is 5.82 Å². The average Bonchev–Trinajstić information content (AvgIpc) is 2.45. The molecule has 0 unspecified atom stereocenters. The summed E-state index contributed by atoms with van der Waals surface area (Å²) in [6.07, 6.45) is -6.24. The first kappa shape index (κ1) is 18.7. The molecular weight excluding hydrogens is 329 g/mol. The first-order valence-corrected chi connectivity index (χ1v) is 6.22.